The molecule has 1 aromatic carbocycles. The highest BCUT2D eigenvalue weighted by Gasteiger charge is 2.15. The Hall–Kier alpha value is -2.17. The zero-order chi connectivity index (χ0) is 14.7. The summed E-state index contributed by atoms with van der Waals surface area (Å²) in [6.45, 7) is 5.78. The molecule has 106 valence electrons. The molecule has 4 nitrogen and oxygen atoms in total. The van der Waals surface area contributed by atoms with Crippen molar-refractivity contribution in [2.45, 2.75) is 33.2 Å². The summed E-state index contributed by atoms with van der Waals surface area (Å²) in [5.41, 5.74) is 2.13. The highest BCUT2D eigenvalue weighted by molar-refractivity contribution is 5.91. The van der Waals surface area contributed by atoms with Crippen LogP contribution in [-0.2, 0) is 4.79 Å². The number of nitrogens with one attached hydrogen (secondary N) is 1. The van der Waals surface area contributed by atoms with E-state index in [1.165, 1.54) is 6.07 Å². The van der Waals surface area contributed by atoms with Gasteiger partial charge in [-0.05, 0) is 39.0 Å². The van der Waals surface area contributed by atoms with Crippen LogP contribution in [0.5, 0.6) is 0 Å². The lowest BCUT2D eigenvalue weighted by atomic mass is 10.2. The van der Waals surface area contributed by atoms with Gasteiger partial charge in [-0.1, -0.05) is 12.1 Å². The van der Waals surface area contributed by atoms with Crippen molar-refractivity contribution < 1.29 is 9.18 Å². The van der Waals surface area contributed by atoms with Gasteiger partial charge >= 0.3 is 0 Å². The highest BCUT2D eigenvalue weighted by Crippen LogP contribution is 2.17. The van der Waals surface area contributed by atoms with Crippen molar-refractivity contribution in [1.29, 1.82) is 0 Å². The smallest absolute Gasteiger partial charge is 0.226 e. The summed E-state index contributed by atoms with van der Waals surface area (Å²) < 4.78 is 15.3. The van der Waals surface area contributed by atoms with Crippen LogP contribution in [0.2, 0.25) is 0 Å². The van der Waals surface area contributed by atoms with Crippen LogP contribution in [0.3, 0.4) is 0 Å². The number of amides is 1. The Labute approximate surface area is 117 Å². The summed E-state index contributed by atoms with van der Waals surface area (Å²) in [7, 11) is 0. The number of carbonyl (C=O) groups excluding carboxylic acids is 1. The molecule has 0 aliphatic carbocycles. The average molecular weight is 275 g/mol. The standard InChI is InChI=1S/C15H18FN3O/c1-10-8-11(2)19(18-10)12(3)9-15(20)17-14-7-5-4-6-13(14)16/h4-8,12H,9H2,1-3H3,(H,17,20)/t12-/m0/s1. The second kappa shape index (κ2) is 5.86. The molecule has 1 N–H and O–H groups in total. The van der Waals surface area contributed by atoms with Crippen LogP contribution in [0.4, 0.5) is 10.1 Å². The first kappa shape index (κ1) is 14.2. The largest absolute Gasteiger partial charge is 0.324 e. The van der Waals surface area contributed by atoms with Gasteiger partial charge < -0.3 is 5.32 Å². The molecule has 0 aliphatic rings. The predicted molar refractivity (Wildman–Crippen MR) is 76.1 cm³/mol. The first-order chi connectivity index (χ1) is 9.47. The normalized spacial score (nSPS) is 12.2. The first-order valence-corrected chi connectivity index (χ1v) is 6.54. The fourth-order valence-electron chi connectivity index (χ4n) is 2.21. The maximum atomic E-state index is 13.4. The molecule has 5 heteroatoms. The summed E-state index contributed by atoms with van der Waals surface area (Å²) in [6, 6.07) is 8.02. The van der Waals surface area contributed by atoms with E-state index < -0.39 is 5.82 Å². The summed E-state index contributed by atoms with van der Waals surface area (Å²) in [6.07, 6.45) is 0.246. The Kier molecular flexibility index (Phi) is 4.17. The van der Waals surface area contributed by atoms with Gasteiger partial charge in [0, 0.05) is 12.1 Å². The average Bonchev–Trinajstić information content (AvgIpc) is 2.71. The van der Waals surface area contributed by atoms with Crippen LogP contribution in [0.1, 0.15) is 30.8 Å². The van der Waals surface area contributed by atoms with Gasteiger partial charge in [0.2, 0.25) is 5.91 Å². The van der Waals surface area contributed by atoms with Crippen LogP contribution in [0.25, 0.3) is 0 Å². The lowest BCUT2D eigenvalue weighted by Crippen LogP contribution is -2.19. The second-order valence-electron chi connectivity index (χ2n) is 4.95. The van der Waals surface area contributed by atoms with Gasteiger partial charge in [-0.2, -0.15) is 5.10 Å². The van der Waals surface area contributed by atoms with Gasteiger partial charge in [-0.3, -0.25) is 9.48 Å². The quantitative estimate of drug-likeness (QED) is 0.931. The van der Waals surface area contributed by atoms with Gasteiger partial charge in [0.15, 0.2) is 0 Å². The molecule has 1 heterocycles. The summed E-state index contributed by atoms with van der Waals surface area (Å²) >= 11 is 0. The van der Waals surface area contributed by atoms with Crippen molar-refractivity contribution in [2.24, 2.45) is 0 Å². The van der Waals surface area contributed by atoms with Crippen molar-refractivity contribution in [2.75, 3.05) is 5.32 Å². The Bertz CT molecular complexity index is 621. The summed E-state index contributed by atoms with van der Waals surface area (Å²) in [5, 5.41) is 6.93. The van der Waals surface area contributed by atoms with E-state index in [2.05, 4.69) is 10.4 Å². The van der Waals surface area contributed by atoms with Crippen LogP contribution >= 0.6 is 0 Å². The number of aromatic nitrogens is 2. The lowest BCUT2D eigenvalue weighted by molar-refractivity contribution is -0.116. The molecule has 2 aromatic rings. The zero-order valence-electron chi connectivity index (χ0n) is 11.9. The van der Waals surface area contributed by atoms with E-state index in [0.29, 0.717) is 0 Å². The Morgan fingerprint density at radius 3 is 2.70 bits per heavy atom. The molecule has 0 fully saturated rings. The number of benzene rings is 1. The van der Waals surface area contributed by atoms with E-state index in [0.717, 1.165) is 11.4 Å². The SMILES string of the molecule is Cc1cc(C)n([C@@H](C)CC(=O)Nc2ccccc2F)n1. The van der Waals surface area contributed by atoms with Crippen LogP contribution in [0, 0.1) is 19.7 Å². The molecule has 0 saturated heterocycles. The minimum Gasteiger partial charge on any atom is -0.324 e. The van der Waals surface area contributed by atoms with E-state index in [9.17, 15) is 9.18 Å². The number of carbonyl (C=O) groups is 1. The number of rotatable bonds is 4. The van der Waals surface area contributed by atoms with Gasteiger partial charge in [0.05, 0.1) is 17.4 Å². The minimum atomic E-state index is -0.431. The Morgan fingerprint density at radius 1 is 1.40 bits per heavy atom. The van der Waals surface area contributed by atoms with Crippen LogP contribution in [-0.4, -0.2) is 15.7 Å². The molecule has 1 aromatic heterocycles. The zero-order valence-corrected chi connectivity index (χ0v) is 11.9. The number of anilines is 1. The number of hydrogen-bond acceptors (Lipinski definition) is 2. The molecular weight excluding hydrogens is 257 g/mol. The number of halogens is 1. The monoisotopic (exact) mass is 275 g/mol. The van der Waals surface area contributed by atoms with E-state index in [1.54, 1.807) is 18.2 Å². The van der Waals surface area contributed by atoms with Gasteiger partial charge in [-0.15, -0.1) is 0 Å². The fourth-order valence-corrected chi connectivity index (χ4v) is 2.21. The van der Waals surface area contributed by atoms with Crippen LogP contribution in [0.15, 0.2) is 30.3 Å². The minimum absolute atomic E-state index is 0.0736. The van der Waals surface area contributed by atoms with Crippen LogP contribution < -0.4 is 5.32 Å². The topological polar surface area (TPSA) is 46.9 Å². The Morgan fingerprint density at radius 2 is 2.10 bits per heavy atom. The number of nitrogens with zero attached hydrogens (tertiary/aromatic N) is 2. The van der Waals surface area contributed by atoms with Crippen molar-refractivity contribution in [3.05, 3.63) is 47.5 Å². The number of para-hydroxylation sites is 1. The maximum Gasteiger partial charge on any atom is 0.226 e. The van der Waals surface area contributed by atoms with Gasteiger partial charge in [0.1, 0.15) is 5.82 Å². The summed E-state index contributed by atoms with van der Waals surface area (Å²) in [5.74, 6) is -0.658. The van der Waals surface area contributed by atoms with Crippen molar-refractivity contribution in [3.8, 4) is 0 Å². The molecule has 2 rings (SSSR count). The van der Waals surface area contributed by atoms with Crippen molar-refractivity contribution >= 4 is 11.6 Å². The molecule has 0 radical (unpaired) electrons. The van der Waals surface area contributed by atoms with E-state index in [1.807, 2.05) is 31.5 Å². The van der Waals surface area contributed by atoms with Crippen molar-refractivity contribution in [3.63, 3.8) is 0 Å². The number of aryl methyl sites for hydroxylation is 2. The third kappa shape index (κ3) is 3.23. The predicted octanol–water partition coefficient (Wildman–Crippen LogP) is 3.23. The third-order valence-electron chi connectivity index (χ3n) is 3.09. The van der Waals surface area contributed by atoms with E-state index in [4.69, 9.17) is 0 Å². The third-order valence-corrected chi connectivity index (χ3v) is 3.09. The molecule has 0 aliphatic heterocycles. The molecular formula is C15H18FN3O. The molecule has 0 bridgehead atoms. The Balaban J connectivity index is 2.01. The maximum absolute atomic E-state index is 13.4. The molecule has 1 amide bonds. The van der Waals surface area contributed by atoms with E-state index >= 15 is 0 Å². The fraction of sp³-hybridized carbons (Fsp3) is 0.333. The summed E-state index contributed by atoms with van der Waals surface area (Å²) in [4.78, 5) is 11.9. The first-order valence-electron chi connectivity index (χ1n) is 6.54. The lowest BCUT2D eigenvalue weighted by Gasteiger charge is -2.14. The van der Waals surface area contributed by atoms with E-state index in [-0.39, 0.29) is 24.1 Å². The second-order valence-corrected chi connectivity index (χ2v) is 4.95. The highest BCUT2D eigenvalue weighted by atomic mass is 19.1. The number of hydrogen-bond donors (Lipinski definition) is 1. The van der Waals surface area contributed by atoms with Crippen molar-refractivity contribution in [1.82, 2.24) is 9.78 Å². The van der Waals surface area contributed by atoms with Gasteiger partial charge in [-0.25, -0.2) is 4.39 Å². The molecule has 20 heavy (non-hydrogen) atoms. The van der Waals surface area contributed by atoms with Gasteiger partial charge in [0.25, 0.3) is 0 Å². The molecule has 1 atom stereocenters. The molecule has 0 unspecified atom stereocenters. The molecule has 0 saturated carbocycles. The molecule has 0 spiro atoms.